The lowest BCUT2D eigenvalue weighted by atomic mass is 9.44. The fourth-order valence-corrected chi connectivity index (χ4v) is 11.7. The number of hydrogen-bond donors (Lipinski definition) is 0. The minimum atomic E-state index is -0.403. The molecule has 1 saturated carbocycles. The van der Waals surface area contributed by atoms with Crippen molar-refractivity contribution in [1.29, 1.82) is 0 Å². The zero-order valence-corrected chi connectivity index (χ0v) is 42.1. The third kappa shape index (κ3) is 10.5. The summed E-state index contributed by atoms with van der Waals surface area (Å²) >= 11 is 0. The molecule has 6 aromatic carbocycles. The second-order valence-electron chi connectivity index (χ2n) is 20.7. The molecule has 0 aliphatic heterocycles. The van der Waals surface area contributed by atoms with Gasteiger partial charge in [0, 0.05) is 11.8 Å². The summed E-state index contributed by atoms with van der Waals surface area (Å²) in [7, 11) is 0. The normalized spacial score (nSPS) is 15.0. The van der Waals surface area contributed by atoms with Crippen LogP contribution in [0.1, 0.15) is 109 Å². The van der Waals surface area contributed by atoms with Crippen LogP contribution in [0.15, 0.2) is 184 Å². The molecule has 0 heterocycles. The minimum absolute atomic E-state index is 0.0345. The standard InChI is InChI=1S/C66H72O4/c1-9-56(10-2)69-46-47-21-23-48(24-22-47)49-25-29-52(30-26-49)54-35-39-59-60-40-36-55(45-62(60)66(61(59)44-54)64(5,6)41-19-42-65(66,7)8)53-31-27-50(28-32-53)51-33-37-58(38-34-51)68-43-18-16-14-13-15-17-20-63(67)70-57(11-3)12-4/h9-12,21-40,44-45,56-57H,1-4,13-20,41-43,46H2,5-8H3. The molecule has 2 aliphatic carbocycles. The lowest BCUT2D eigenvalue weighted by Gasteiger charge is -2.59. The number of fused-ring (bicyclic) bond motifs is 5. The Morgan fingerprint density at radius 3 is 1.39 bits per heavy atom. The molecule has 0 atom stereocenters. The summed E-state index contributed by atoms with van der Waals surface area (Å²) in [4.78, 5) is 11.9. The van der Waals surface area contributed by atoms with Crippen LogP contribution in [0.5, 0.6) is 5.75 Å². The Morgan fingerprint density at radius 1 is 0.514 bits per heavy atom. The van der Waals surface area contributed by atoms with Gasteiger partial charge >= 0.3 is 5.97 Å². The van der Waals surface area contributed by atoms with Crippen LogP contribution >= 0.6 is 0 Å². The molecule has 0 N–H and O–H groups in total. The van der Waals surface area contributed by atoms with Crippen molar-refractivity contribution in [2.24, 2.45) is 10.8 Å². The summed E-state index contributed by atoms with van der Waals surface area (Å²) in [6, 6.07) is 49.8. The summed E-state index contributed by atoms with van der Waals surface area (Å²) in [6.45, 7) is 26.3. The third-order valence-electron chi connectivity index (χ3n) is 15.4. The van der Waals surface area contributed by atoms with Gasteiger partial charge in [0.15, 0.2) is 0 Å². The van der Waals surface area contributed by atoms with Crippen LogP contribution in [0.4, 0.5) is 0 Å². The van der Waals surface area contributed by atoms with E-state index in [9.17, 15) is 4.79 Å². The van der Waals surface area contributed by atoms with Crippen molar-refractivity contribution >= 4 is 5.97 Å². The first-order chi connectivity index (χ1) is 33.9. The highest BCUT2D eigenvalue weighted by atomic mass is 16.5. The van der Waals surface area contributed by atoms with E-state index in [0.717, 1.165) is 49.8 Å². The minimum Gasteiger partial charge on any atom is -0.494 e. The van der Waals surface area contributed by atoms with Crippen LogP contribution in [0, 0.1) is 10.8 Å². The Balaban J connectivity index is 0.931. The van der Waals surface area contributed by atoms with E-state index in [-0.39, 0.29) is 28.3 Å². The Bertz CT molecular complexity index is 2740. The smallest absolute Gasteiger partial charge is 0.306 e. The molecule has 1 fully saturated rings. The summed E-state index contributed by atoms with van der Waals surface area (Å²) in [5.74, 6) is 0.710. The molecule has 4 heteroatoms. The largest absolute Gasteiger partial charge is 0.494 e. The summed E-state index contributed by atoms with van der Waals surface area (Å²) in [6.07, 6.45) is 16.4. The quantitative estimate of drug-likeness (QED) is 0.0387. The molecule has 1 spiro atoms. The highest BCUT2D eigenvalue weighted by Crippen LogP contribution is 2.69. The fraction of sp³-hybridized carbons (Fsp3) is 0.318. The van der Waals surface area contributed by atoms with Crippen LogP contribution in [0.25, 0.3) is 55.6 Å². The number of unbranched alkanes of at least 4 members (excludes halogenated alkanes) is 5. The molecule has 0 bridgehead atoms. The molecule has 6 aromatic rings. The second-order valence-corrected chi connectivity index (χ2v) is 20.7. The highest BCUT2D eigenvalue weighted by Gasteiger charge is 2.62. The maximum atomic E-state index is 11.9. The average molecular weight is 929 g/mol. The van der Waals surface area contributed by atoms with Crippen LogP contribution in [0.3, 0.4) is 0 Å². The number of carbonyl (C=O) groups is 1. The molecule has 0 unspecified atom stereocenters. The Hall–Kier alpha value is -6.49. The van der Waals surface area contributed by atoms with Gasteiger partial charge in [-0.05, 0) is 145 Å². The maximum Gasteiger partial charge on any atom is 0.306 e. The van der Waals surface area contributed by atoms with E-state index in [1.54, 1.807) is 24.3 Å². The van der Waals surface area contributed by atoms with Crippen LogP contribution in [-0.2, 0) is 26.3 Å². The van der Waals surface area contributed by atoms with Crippen molar-refractivity contribution in [3.63, 3.8) is 0 Å². The second kappa shape index (κ2) is 22.1. The van der Waals surface area contributed by atoms with Gasteiger partial charge in [-0.25, -0.2) is 0 Å². The Morgan fingerprint density at radius 2 is 0.914 bits per heavy atom. The lowest BCUT2D eigenvalue weighted by Crippen LogP contribution is -2.55. The lowest BCUT2D eigenvalue weighted by molar-refractivity contribution is -0.145. The first-order valence-corrected chi connectivity index (χ1v) is 25.6. The Kier molecular flexibility index (Phi) is 15.7. The number of carbonyl (C=O) groups excluding carboxylic acids is 1. The van der Waals surface area contributed by atoms with Gasteiger partial charge in [0.1, 0.15) is 11.9 Å². The van der Waals surface area contributed by atoms with Crippen LogP contribution in [0.2, 0.25) is 0 Å². The SMILES string of the molecule is C=CC(C=C)OCc1ccc(-c2ccc(-c3ccc4c(c3)C3(c5cc(-c6ccc(-c7ccc(OCCCCCCCCC(=O)OC(C=C)C=C)cc7)cc6)ccc5-4)C(C)(C)CCCC3(C)C)cc2)cc1. The number of rotatable bonds is 22. The predicted octanol–water partition coefficient (Wildman–Crippen LogP) is 17.5. The van der Waals surface area contributed by atoms with E-state index in [4.69, 9.17) is 14.2 Å². The van der Waals surface area contributed by atoms with Crippen molar-refractivity contribution < 1.29 is 19.0 Å². The van der Waals surface area contributed by atoms with E-state index in [1.807, 2.05) is 0 Å². The molecule has 8 rings (SSSR count). The van der Waals surface area contributed by atoms with Crippen molar-refractivity contribution in [2.75, 3.05) is 6.61 Å². The molecule has 0 aromatic heterocycles. The van der Waals surface area contributed by atoms with Gasteiger partial charge in [0.05, 0.1) is 19.3 Å². The zero-order chi connectivity index (χ0) is 49.3. The molecule has 360 valence electrons. The van der Waals surface area contributed by atoms with E-state index < -0.39 is 6.10 Å². The van der Waals surface area contributed by atoms with E-state index in [0.29, 0.717) is 19.6 Å². The molecule has 0 radical (unpaired) electrons. The fourth-order valence-electron chi connectivity index (χ4n) is 11.7. The Labute approximate surface area is 418 Å². The number of esters is 1. The summed E-state index contributed by atoms with van der Waals surface area (Å²) in [5, 5.41) is 0. The van der Waals surface area contributed by atoms with Crippen molar-refractivity contribution in [3.05, 3.63) is 201 Å². The molecule has 4 nitrogen and oxygen atoms in total. The predicted molar refractivity (Wildman–Crippen MR) is 293 cm³/mol. The molecular formula is C66H72O4. The topological polar surface area (TPSA) is 44.8 Å². The molecule has 0 amide bonds. The monoisotopic (exact) mass is 929 g/mol. The number of hydrogen-bond acceptors (Lipinski definition) is 4. The molecule has 0 saturated heterocycles. The van der Waals surface area contributed by atoms with E-state index in [1.165, 1.54) is 86.0 Å². The van der Waals surface area contributed by atoms with Crippen LogP contribution < -0.4 is 4.74 Å². The van der Waals surface area contributed by atoms with Crippen molar-refractivity contribution in [3.8, 4) is 61.4 Å². The van der Waals surface area contributed by atoms with Gasteiger partial charge in [-0.2, -0.15) is 0 Å². The zero-order valence-electron chi connectivity index (χ0n) is 42.1. The van der Waals surface area contributed by atoms with Crippen molar-refractivity contribution in [1.82, 2.24) is 0 Å². The maximum absolute atomic E-state index is 11.9. The van der Waals surface area contributed by atoms with Gasteiger partial charge in [-0.3, -0.25) is 4.79 Å². The van der Waals surface area contributed by atoms with Gasteiger partial charge in [0.2, 0.25) is 0 Å². The molecular weight excluding hydrogens is 857 g/mol. The summed E-state index contributed by atoms with van der Waals surface area (Å²) < 4.78 is 17.3. The van der Waals surface area contributed by atoms with Crippen molar-refractivity contribution in [2.45, 2.75) is 116 Å². The van der Waals surface area contributed by atoms with Gasteiger partial charge < -0.3 is 14.2 Å². The van der Waals surface area contributed by atoms with Gasteiger partial charge in [0.25, 0.3) is 0 Å². The number of ether oxygens (including phenoxy) is 3. The third-order valence-corrected chi connectivity index (χ3v) is 15.4. The van der Waals surface area contributed by atoms with E-state index in [2.05, 4.69) is 187 Å². The molecule has 2 aliphatic rings. The summed E-state index contributed by atoms with van der Waals surface area (Å²) in [5.41, 5.74) is 16.5. The first kappa shape index (κ1) is 49.9. The van der Waals surface area contributed by atoms with Gasteiger partial charge in [-0.15, -0.1) is 13.2 Å². The van der Waals surface area contributed by atoms with E-state index >= 15 is 0 Å². The van der Waals surface area contributed by atoms with Gasteiger partial charge in [-0.1, -0.05) is 194 Å². The first-order valence-electron chi connectivity index (χ1n) is 25.6. The molecule has 70 heavy (non-hydrogen) atoms. The van der Waals surface area contributed by atoms with Crippen LogP contribution in [-0.4, -0.2) is 24.8 Å². The number of benzene rings is 6. The highest BCUT2D eigenvalue weighted by molar-refractivity contribution is 5.88. The average Bonchev–Trinajstić information content (AvgIpc) is 3.68.